The Morgan fingerprint density at radius 3 is 1.57 bits per heavy atom. The second-order valence-corrected chi connectivity index (χ2v) is 12.5. The second kappa shape index (κ2) is 11.8. The van der Waals surface area contributed by atoms with Crippen molar-refractivity contribution in [3.8, 4) is 56.8 Å². The summed E-state index contributed by atoms with van der Waals surface area (Å²) >= 11 is 0. The lowest BCUT2D eigenvalue weighted by Gasteiger charge is -2.12. The van der Waals surface area contributed by atoms with Gasteiger partial charge in [-0.15, -0.1) is 0 Å². The summed E-state index contributed by atoms with van der Waals surface area (Å²) in [6.07, 6.45) is 0. The van der Waals surface area contributed by atoms with Crippen LogP contribution in [0.4, 0.5) is 0 Å². The minimum atomic E-state index is 0.557. The van der Waals surface area contributed by atoms with Crippen molar-refractivity contribution >= 4 is 43.6 Å². The van der Waals surface area contributed by atoms with Crippen molar-refractivity contribution in [2.24, 2.45) is 0 Å². The first-order valence-corrected chi connectivity index (χ1v) is 16.8. The molecule has 238 valence electrons. The lowest BCUT2D eigenvalue weighted by atomic mass is 9.99. The minimum absolute atomic E-state index is 0.557. The molecule has 0 aliphatic carbocycles. The van der Waals surface area contributed by atoms with E-state index in [1.807, 2.05) is 103 Å². The number of hydrogen-bond donors (Lipinski definition) is 0. The molecule has 0 saturated carbocycles. The molecular weight excluding hydrogens is 627 g/mol. The first-order valence-electron chi connectivity index (χ1n) is 16.8. The van der Waals surface area contributed by atoms with Gasteiger partial charge < -0.3 is 4.42 Å². The third-order valence-electron chi connectivity index (χ3n) is 9.33. The van der Waals surface area contributed by atoms with Crippen molar-refractivity contribution in [2.45, 2.75) is 0 Å². The van der Waals surface area contributed by atoms with E-state index in [9.17, 15) is 0 Å². The van der Waals surface area contributed by atoms with Gasteiger partial charge in [0.2, 0.25) is 0 Å². The van der Waals surface area contributed by atoms with Crippen LogP contribution >= 0.6 is 0 Å². The van der Waals surface area contributed by atoms with E-state index in [0.717, 1.165) is 71.7 Å². The summed E-state index contributed by atoms with van der Waals surface area (Å²) in [4.78, 5) is 25.5. The van der Waals surface area contributed by atoms with Crippen LogP contribution in [0.5, 0.6) is 0 Å². The summed E-state index contributed by atoms with van der Waals surface area (Å²) < 4.78 is 6.53. The van der Waals surface area contributed by atoms with E-state index in [1.54, 1.807) is 0 Å². The monoisotopic (exact) mass is 653 g/mol. The minimum Gasteiger partial charge on any atom is -0.456 e. The molecule has 0 spiro atoms. The predicted octanol–water partition coefficient (Wildman–Crippen LogP) is 11.2. The Morgan fingerprint density at radius 2 is 0.902 bits per heavy atom. The van der Waals surface area contributed by atoms with Gasteiger partial charge in [0.25, 0.3) is 0 Å². The fourth-order valence-corrected chi connectivity index (χ4v) is 6.92. The molecule has 10 rings (SSSR count). The molecule has 3 aromatic heterocycles. The molecule has 0 aliphatic heterocycles. The van der Waals surface area contributed by atoms with Gasteiger partial charge in [-0.2, -0.15) is 0 Å². The molecule has 0 N–H and O–H groups in total. The topological polar surface area (TPSA) is 77.6 Å². The van der Waals surface area contributed by atoms with E-state index >= 15 is 0 Å². The van der Waals surface area contributed by atoms with E-state index in [0.29, 0.717) is 23.3 Å². The first-order chi connectivity index (χ1) is 25.3. The van der Waals surface area contributed by atoms with Crippen LogP contribution in [0.1, 0.15) is 0 Å². The SMILES string of the molecule is c1ccc(-c2nc(-c3ccccc3)nc(-c3cccc4oc5cccc(-c6nc(-c7ccc8ccccc8c7)c7ccccc7n6)c5c34)n2)cc1. The Kier molecular flexibility index (Phi) is 6.70. The molecule has 3 heterocycles. The Bertz CT molecular complexity index is 2860. The average molecular weight is 654 g/mol. The summed E-state index contributed by atoms with van der Waals surface area (Å²) in [7, 11) is 0. The molecule has 0 fully saturated rings. The van der Waals surface area contributed by atoms with Crippen molar-refractivity contribution in [3.63, 3.8) is 0 Å². The Hall–Kier alpha value is -7.05. The highest BCUT2D eigenvalue weighted by atomic mass is 16.3. The number of furan rings is 1. The third-order valence-corrected chi connectivity index (χ3v) is 9.33. The van der Waals surface area contributed by atoms with Gasteiger partial charge in [-0.3, -0.25) is 0 Å². The molecule has 10 aromatic rings. The maximum atomic E-state index is 6.53. The van der Waals surface area contributed by atoms with Crippen molar-refractivity contribution in [2.75, 3.05) is 0 Å². The van der Waals surface area contributed by atoms with E-state index in [4.69, 9.17) is 29.3 Å². The summed E-state index contributed by atoms with van der Waals surface area (Å²) in [6, 6.07) is 55.2. The van der Waals surface area contributed by atoms with Crippen LogP contribution < -0.4 is 0 Å². The zero-order chi connectivity index (χ0) is 33.7. The highest BCUT2D eigenvalue weighted by Gasteiger charge is 2.22. The van der Waals surface area contributed by atoms with Gasteiger partial charge in [0, 0.05) is 44.0 Å². The summed E-state index contributed by atoms with van der Waals surface area (Å²) in [5.74, 6) is 2.37. The molecule has 51 heavy (non-hydrogen) atoms. The number of fused-ring (bicyclic) bond motifs is 5. The van der Waals surface area contributed by atoms with Crippen LogP contribution in [0.2, 0.25) is 0 Å². The number of hydrogen-bond acceptors (Lipinski definition) is 6. The van der Waals surface area contributed by atoms with Gasteiger partial charge in [0.15, 0.2) is 23.3 Å². The smallest absolute Gasteiger partial charge is 0.164 e. The standard InChI is InChI=1S/C45H27N5O/c1-3-14-29(15-4-1)42-48-43(30-16-5-2-6-17-30)50-45(49-42)35-21-12-24-38-40(35)39-34(20-11-23-37(39)51-38)44-46-36-22-10-9-19-33(36)41(47-44)32-26-25-28-13-7-8-18-31(28)27-32/h1-27H. The van der Waals surface area contributed by atoms with Crippen molar-refractivity contribution in [3.05, 3.63) is 164 Å². The molecule has 0 aliphatic rings. The second-order valence-electron chi connectivity index (χ2n) is 12.5. The van der Waals surface area contributed by atoms with Crippen LogP contribution in [-0.2, 0) is 0 Å². The summed E-state index contributed by atoms with van der Waals surface area (Å²) in [5, 5.41) is 5.15. The molecule has 0 unspecified atom stereocenters. The molecule has 0 bridgehead atoms. The summed E-state index contributed by atoms with van der Waals surface area (Å²) in [6.45, 7) is 0. The van der Waals surface area contributed by atoms with E-state index in [2.05, 4.69) is 60.7 Å². The number of benzene rings is 7. The number of rotatable bonds is 5. The molecule has 6 nitrogen and oxygen atoms in total. The molecule has 0 amide bonds. The van der Waals surface area contributed by atoms with Crippen molar-refractivity contribution in [1.82, 2.24) is 24.9 Å². The van der Waals surface area contributed by atoms with Crippen LogP contribution in [0.15, 0.2) is 168 Å². The van der Waals surface area contributed by atoms with E-state index in [1.165, 1.54) is 5.39 Å². The molecular formula is C45H27N5O. The highest BCUT2D eigenvalue weighted by Crippen LogP contribution is 2.41. The van der Waals surface area contributed by atoms with Crippen molar-refractivity contribution < 1.29 is 4.42 Å². The summed E-state index contributed by atoms with van der Waals surface area (Å²) in [5.41, 5.74) is 7.77. The number of aromatic nitrogens is 5. The lowest BCUT2D eigenvalue weighted by molar-refractivity contribution is 0.669. The normalized spacial score (nSPS) is 11.5. The third kappa shape index (κ3) is 5.01. The maximum absolute atomic E-state index is 6.53. The van der Waals surface area contributed by atoms with Crippen LogP contribution in [0, 0.1) is 0 Å². The fourth-order valence-electron chi connectivity index (χ4n) is 6.92. The Morgan fingerprint density at radius 1 is 0.353 bits per heavy atom. The van der Waals surface area contributed by atoms with E-state index < -0.39 is 0 Å². The van der Waals surface area contributed by atoms with Gasteiger partial charge in [0.05, 0.1) is 11.2 Å². The van der Waals surface area contributed by atoms with Gasteiger partial charge in [-0.05, 0) is 35.0 Å². The van der Waals surface area contributed by atoms with Crippen LogP contribution in [0.25, 0.3) is 100 Å². The first kappa shape index (κ1) is 28.9. The molecule has 0 saturated heterocycles. The zero-order valence-corrected chi connectivity index (χ0v) is 27.2. The van der Waals surface area contributed by atoms with E-state index in [-0.39, 0.29) is 0 Å². The van der Waals surface area contributed by atoms with Gasteiger partial charge in [-0.25, -0.2) is 24.9 Å². The molecule has 0 radical (unpaired) electrons. The van der Waals surface area contributed by atoms with Gasteiger partial charge >= 0.3 is 0 Å². The zero-order valence-electron chi connectivity index (χ0n) is 27.2. The highest BCUT2D eigenvalue weighted by molar-refractivity contribution is 6.17. The van der Waals surface area contributed by atoms with Gasteiger partial charge in [-0.1, -0.05) is 140 Å². The number of para-hydroxylation sites is 1. The fraction of sp³-hybridized carbons (Fsp3) is 0. The van der Waals surface area contributed by atoms with Crippen molar-refractivity contribution in [1.29, 1.82) is 0 Å². The van der Waals surface area contributed by atoms with Gasteiger partial charge in [0.1, 0.15) is 11.2 Å². The average Bonchev–Trinajstić information content (AvgIpc) is 3.60. The largest absolute Gasteiger partial charge is 0.456 e. The Labute approximate surface area is 292 Å². The lowest BCUT2D eigenvalue weighted by Crippen LogP contribution is -2.00. The molecule has 7 aromatic carbocycles. The molecule has 6 heteroatoms. The number of nitrogens with zero attached hydrogens (tertiary/aromatic N) is 5. The maximum Gasteiger partial charge on any atom is 0.164 e. The Balaban J connectivity index is 1.23. The predicted molar refractivity (Wildman–Crippen MR) is 205 cm³/mol. The molecule has 0 atom stereocenters. The van der Waals surface area contributed by atoms with Crippen LogP contribution in [0.3, 0.4) is 0 Å². The van der Waals surface area contributed by atoms with Crippen LogP contribution in [-0.4, -0.2) is 24.9 Å². The quantitative estimate of drug-likeness (QED) is 0.184.